The summed E-state index contributed by atoms with van der Waals surface area (Å²) >= 11 is 0. The van der Waals surface area contributed by atoms with Crippen LogP contribution in [0.25, 0.3) is 10.9 Å². The van der Waals surface area contributed by atoms with Crippen LogP contribution in [-0.4, -0.2) is 30.6 Å². The second-order valence-electron chi connectivity index (χ2n) is 4.42. The summed E-state index contributed by atoms with van der Waals surface area (Å²) in [5, 5.41) is 3.53. The van der Waals surface area contributed by atoms with E-state index in [0.717, 1.165) is 5.39 Å². The van der Waals surface area contributed by atoms with Crippen LogP contribution in [0.5, 0.6) is 0 Å². The molecule has 0 bridgehead atoms. The molecule has 5 nitrogen and oxygen atoms in total. The van der Waals surface area contributed by atoms with Gasteiger partial charge in [-0.3, -0.25) is 9.59 Å². The maximum atomic E-state index is 12.2. The van der Waals surface area contributed by atoms with Crippen molar-refractivity contribution in [3.63, 3.8) is 0 Å². The van der Waals surface area contributed by atoms with E-state index in [1.165, 1.54) is 6.07 Å². The number of aromatic amines is 1. The molecule has 1 atom stereocenters. The van der Waals surface area contributed by atoms with E-state index in [0.29, 0.717) is 17.7 Å². The van der Waals surface area contributed by atoms with Gasteiger partial charge in [-0.05, 0) is 13.0 Å². The summed E-state index contributed by atoms with van der Waals surface area (Å²) in [7, 11) is 1.57. The van der Waals surface area contributed by atoms with Gasteiger partial charge in [-0.15, -0.1) is 0 Å². The van der Waals surface area contributed by atoms with Crippen molar-refractivity contribution in [3.05, 3.63) is 46.2 Å². The van der Waals surface area contributed by atoms with Gasteiger partial charge in [0.2, 0.25) is 5.56 Å². The van der Waals surface area contributed by atoms with E-state index in [1.807, 2.05) is 19.1 Å². The van der Waals surface area contributed by atoms with Crippen molar-refractivity contribution in [2.75, 3.05) is 13.7 Å². The Morgan fingerprint density at radius 3 is 2.89 bits per heavy atom. The predicted octanol–water partition coefficient (Wildman–Crippen LogP) is 1.29. The minimum absolute atomic E-state index is 0.115. The average molecular weight is 260 g/mol. The second-order valence-corrected chi connectivity index (χ2v) is 4.42. The highest BCUT2D eigenvalue weighted by Crippen LogP contribution is 2.14. The van der Waals surface area contributed by atoms with Crippen LogP contribution >= 0.6 is 0 Å². The van der Waals surface area contributed by atoms with Gasteiger partial charge < -0.3 is 15.0 Å². The third kappa shape index (κ3) is 3.00. The summed E-state index contributed by atoms with van der Waals surface area (Å²) in [4.78, 5) is 26.4. The molecular formula is C14H16N2O3. The zero-order valence-electron chi connectivity index (χ0n) is 10.9. The number of carbonyl (C=O) groups excluding carboxylic acids is 1. The lowest BCUT2D eigenvalue weighted by Crippen LogP contribution is -2.36. The Bertz CT molecular complexity index is 648. The van der Waals surface area contributed by atoms with E-state index in [1.54, 1.807) is 19.2 Å². The molecule has 2 rings (SSSR count). The number of benzene rings is 1. The maximum Gasteiger partial charge on any atom is 0.252 e. The molecule has 0 saturated carbocycles. The number of hydrogen-bond acceptors (Lipinski definition) is 3. The number of rotatable bonds is 4. The number of ether oxygens (including phenoxy) is 1. The third-order valence-corrected chi connectivity index (χ3v) is 2.79. The topological polar surface area (TPSA) is 71.2 Å². The predicted molar refractivity (Wildman–Crippen MR) is 73.4 cm³/mol. The molecule has 1 aromatic carbocycles. The SMILES string of the molecule is COC[C@@H](C)NC(=O)c1cc(=O)[nH]c2ccccc12. The van der Waals surface area contributed by atoms with Crippen LogP contribution in [0, 0.1) is 0 Å². The molecular weight excluding hydrogens is 244 g/mol. The highest BCUT2D eigenvalue weighted by atomic mass is 16.5. The van der Waals surface area contributed by atoms with Gasteiger partial charge in [0.1, 0.15) is 0 Å². The van der Waals surface area contributed by atoms with E-state index in [-0.39, 0.29) is 17.5 Å². The van der Waals surface area contributed by atoms with Crippen LogP contribution in [0.3, 0.4) is 0 Å². The Morgan fingerprint density at radius 1 is 1.42 bits per heavy atom. The van der Waals surface area contributed by atoms with Gasteiger partial charge in [-0.2, -0.15) is 0 Å². The van der Waals surface area contributed by atoms with Gasteiger partial charge in [-0.1, -0.05) is 18.2 Å². The lowest BCUT2D eigenvalue weighted by Gasteiger charge is -2.13. The van der Waals surface area contributed by atoms with Crippen molar-refractivity contribution in [1.29, 1.82) is 0 Å². The van der Waals surface area contributed by atoms with Crippen molar-refractivity contribution >= 4 is 16.8 Å². The van der Waals surface area contributed by atoms with E-state index < -0.39 is 0 Å². The van der Waals surface area contributed by atoms with Crippen LogP contribution < -0.4 is 10.9 Å². The van der Waals surface area contributed by atoms with Crippen molar-refractivity contribution in [2.24, 2.45) is 0 Å². The first-order valence-corrected chi connectivity index (χ1v) is 6.03. The zero-order valence-corrected chi connectivity index (χ0v) is 10.9. The molecule has 0 spiro atoms. The number of amides is 1. The van der Waals surface area contributed by atoms with Crippen molar-refractivity contribution in [1.82, 2.24) is 10.3 Å². The molecule has 1 heterocycles. The zero-order chi connectivity index (χ0) is 13.8. The summed E-state index contributed by atoms with van der Waals surface area (Å²) in [6, 6.07) is 8.42. The summed E-state index contributed by atoms with van der Waals surface area (Å²) in [5.74, 6) is -0.271. The van der Waals surface area contributed by atoms with Gasteiger partial charge in [0.25, 0.3) is 5.91 Å². The molecule has 0 unspecified atom stereocenters. The molecule has 1 amide bonds. The largest absolute Gasteiger partial charge is 0.383 e. The molecule has 100 valence electrons. The van der Waals surface area contributed by atoms with Gasteiger partial charge in [-0.25, -0.2) is 0 Å². The Labute approximate surface area is 110 Å². The number of aromatic nitrogens is 1. The number of fused-ring (bicyclic) bond motifs is 1. The summed E-state index contributed by atoms with van der Waals surface area (Å²) < 4.78 is 4.97. The molecule has 0 aliphatic rings. The number of H-pyrrole nitrogens is 1. The van der Waals surface area contributed by atoms with Crippen LogP contribution in [0.1, 0.15) is 17.3 Å². The number of pyridine rings is 1. The fourth-order valence-electron chi connectivity index (χ4n) is 1.99. The number of methoxy groups -OCH3 is 1. The lowest BCUT2D eigenvalue weighted by atomic mass is 10.1. The molecule has 0 fully saturated rings. The number of para-hydroxylation sites is 1. The summed E-state index contributed by atoms with van der Waals surface area (Å²) in [6.45, 7) is 2.27. The van der Waals surface area contributed by atoms with E-state index in [2.05, 4.69) is 10.3 Å². The number of hydrogen-bond donors (Lipinski definition) is 2. The van der Waals surface area contributed by atoms with Gasteiger partial charge in [0.05, 0.1) is 12.2 Å². The van der Waals surface area contributed by atoms with Crippen molar-refractivity contribution < 1.29 is 9.53 Å². The lowest BCUT2D eigenvalue weighted by molar-refractivity contribution is 0.0907. The Kier molecular flexibility index (Phi) is 3.97. The quantitative estimate of drug-likeness (QED) is 0.870. The molecule has 1 aromatic heterocycles. The molecule has 2 aromatic rings. The normalized spacial score (nSPS) is 12.3. The highest BCUT2D eigenvalue weighted by Gasteiger charge is 2.13. The number of nitrogens with one attached hydrogen (secondary N) is 2. The van der Waals surface area contributed by atoms with Crippen molar-refractivity contribution in [3.8, 4) is 0 Å². The average Bonchev–Trinajstić information content (AvgIpc) is 2.37. The van der Waals surface area contributed by atoms with E-state index in [4.69, 9.17) is 4.74 Å². The van der Waals surface area contributed by atoms with Gasteiger partial charge in [0.15, 0.2) is 0 Å². The minimum atomic E-state index is -0.289. The Morgan fingerprint density at radius 2 is 2.16 bits per heavy atom. The smallest absolute Gasteiger partial charge is 0.252 e. The Balaban J connectivity index is 2.39. The summed E-state index contributed by atoms with van der Waals surface area (Å²) in [5.41, 5.74) is 0.741. The Hall–Kier alpha value is -2.14. The summed E-state index contributed by atoms with van der Waals surface area (Å²) in [6.07, 6.45) is 0. The molecule has 0 saturated heterocycles. The molecule has 0 aliphatic heterocycles. The number of carbonyl (C=O) groups is 1. The van der Waals surface area contributed by atoms with Crippen LogP contribution in [0.15, 0.2) is 35.1 Å². The molecule has 0 radical (unpaired) electrons. The molecule has 19 heavy (non-hydrogen) atoms. The van der Waals surface area contributed by atoms with Crippen LogP contribution in [0.2, 0.25) is 0 Å². The third-order valence-electron chi connectivity index (χ3n) is 2.79. The molecule has 0 aliphatic carbocycles. The highest BCUT2D eigenvalue weighted by molar-refractivity contribution is 6.06. The van der Waals surface area contributed by atoms with Gasteiger partial charge >= 0.3 is 0 Å². The fraction of sp³-hybridized carbons (Fsp3) is 0.286. The minimum Gasteiger partial charge on any atom is -0.383 e. The van der Waals surface area contributed by atoms with Crippen molar-refractivity contribution in [2.45, 2.75) is 13.0 Å². The maximum absolute atomic E-state index is 12.2. The standard InChI is InChI=1S/C14H16N2O3/c1-9(8-19-2)15-14(18)11-7-13(17)16-12-6-4-3-5-10(11)12/h3-7,9H,8H2,1-2H3,(H,15,18)(H,16,17)/t9-/m1/s1. The molecule has 5 heteroatoms. The monoisotopic (exact) mass is 260 g/mol. The van der Waals surface area contributed by atoms with E-state index >= 15 is 0 Å². The second kappa shape index (κ2) is 5.67. The fourth-order valence-corrected chi connectivity index (χ4v) is 1.99. The van der Waals surface area contributed by atoms with Crippen LogP contribution in [0.4, 0.5) is 0 Å². The first-order valence-electron chi connectivity index (χ1n) is 6.03. The van der Waals surface area contributed by atoms with E-state index in [9.17, 15) is 9.59 Å². The first-order chi connectivity index (χ1) is 9.11. The first kappa shape index (κ1) is 13.3. The molecule has 2 N–H and O–H groups in total. The van der Waals surface area contributed by atoms with Crippen LogP contribution in [-0.2, 0) is 4.74 Å². The van der Waals surface area contributed by atoms with Gasteiger partial charge in [0, 0.05) is 30.1 Å².